The molecule has 9 heteroatoms. The Morgan fingerprint density at radius 3 is 2.42 bits per heavy atom. The van der Waals surface area contributed by atoms with Gasteiger partial charge in [0.25, 0.3) is 0 Å². The van der Waals surface area contributed by atoms with Gasteiger partial charge >= 0.3 is 5.97 Å². The molecule has 0 bridgehead atoms. The predicted octanol–water partition coefficient (Wildman–Crippen LogP) is 0.468. The average Bonchev–Trinajstić information content (AvgIpc) is 2.54. The van der Waals surface area contributed by atoms with Crippen molar-refractivity contribution in [3.8, 4) is 11.5 Å². The van der Waals surface area contributed by atoms with Gasteiger partial charge < -0.3 is 19.7 Å². The van der Waals surface area contributed by atoms with E-state index in [1.54, 1.807) is 13.0 Å². The van der Waals surface area contributed by atoms with Crippen molar-refractivity contribution in [2.75, 3.05) is 27.3 Å². The van der Waals surface area contributed by atoms with Gasteiger partial charge in [0.15, 0.2) is 0 Å². The molecule has 0 amide bonds. The third kappa shape index (κ3) is 3.33. The first-order valence-corrected chi connectivity index (χ1v) is 8.80. The van der Waals surface area contributed by atoms with Crippen LogP contribution in [0.25, 0.3) is 0 Å². The Morgan fingerprint density at radius 1 is 1.25 bits per heavy atom. The number of carboxylic acids is 1. The minimum absolute atomic E-state index is 0.0344. The van der Waals surface area contributed by atoms with Gasteiger partial charge in [0.2, 0.25) is 10.0 Å². The highest BCUT2D eigenvalue weighted by molar-refractivity contribution is 7.89. The molecule has 8 nitrogen and oxygen atoms in total. The van der Waals surface area contributed by atoms with Crippen LogP contribution in [0.2, 0.25) is 0 Å². The molecule has 0 radical (unpaired) electrons. The summed E-state index contributed by atoms with van der Waals surface area (Å²) in [4.78, 5) is 11.1. The van der Waals surface area contributed by atoms with E-state index in [4.69, 9.17) is 14.6 Å². The van der Waals surface area contributed by atoms with Gasteiger partial charge in [-0.25, -0.2) is 8.42 Å². The number of hydrogen-bond acceptors (Lipinski definition) is 6. The first-order valence-electron chi connectivity index (χ1n) is 7.36. The zero-order valence-corrected chi connectivity index (χ0v) is 14.5. The van der Waals surface area contributed by atoms with E-state index in [0.29, 0.717) is 11.3 Å². The smallest absolute Gasteiger partial charge is 0.310 e. The second-order valence-corrected chi connectivity index (χ2v) is 7.54. The number of sulfonamides is 1. The van der Waals surface area contributed by atoms with Crippen molar-refractivity contribution in [3.05, 3.63) is 17.7 Å². The molecule has 0 aromatic heterocycles. The summed E-state index contributed by atoms with van der Waals surface area (Å²) in [5, 5.41) is 18.9. The highest BCUT2D eigenvalue weighted by Gasteiger charge is 2.39. The lowest BCUT2D eigenvalue weighted by atomic mass is 9.96. The van der Waals surface area contributed by atoms with Crippen LogP contribution < -0.4 is 9.47 Å². The first-order chi connectivity index (χ1) is 11.2. The number of carbonyl (C=O) groups is 1. The van der Waals surface area contributed by atoms with Crippen molar-refractivity contribution >= 4 is 16.0 Å². The van der Waals surface area contributed by atoms with E-state index in [2.05, 4.69) is 0 Å². The van der Waals surface area contributed by atoms with Gasteiger partial charge in [-0.15, -0.1) is 0 Å². The number of hydrogen-bond donors (Lipinski definition) is 2. The molecule has 2 N–H and O–H groups in total. The van der Waals surface area contributed by atoms with Crippen LogP contribution in [-0.4, -0.2) is 62.3 Å². The number of aryl methyl sites for hydroxylation is 1. The quantitative estimate of drug-likeness (QED) is 0.785. The summed E-state index contributed by atoms with van der Waals surface area (Å²) in [7, 11) is -1.20. The zero-order valence-electron chi connectivity index (χ0n) is 13.7. The molecule has 1 fully saturated rings. The standard InChI is InChI=1S/C15H21NO7S/c1-9-6-13(23-3)14(7-12(9)22-2)24(20,21)16-5-4-11(17)10(8-16)15(18)19/h6-7,10-11,17H,4-5,8H2,1-3H3,(H,18,19)/t10-,11+/m0/s1. The predicted molar refractivity (Wildman–Crippen MR) is 84.8 cm³/mol. The molecule has 0 spiro atoms. The second kappa shape index (κ2) is 6.96. The van der Waals surface area contributed by atoms with E-state index in [0.717, 1.165) is 4.31 Å². The normalized spacial score (nSPS) is 22.2. The minimum Gasteiger partial charge on any atom is -0.496 e. The molecule has 2 atom stereocenters. The molecular formula is C15H21NO7S. The number of rotatable bonds is 5. The molecule has 24 heavy (non-hydrogen) atoms. The molecule has 134 valence electrons. The van der Waals surface area contributed by atoms with Crippen LogP contribution >= 0.6 is 0 Å². The molecule has 1 heterocycles. The number of nitrogens with zero attached hydrogens (tertiary/aromatic N) is 1. The topological polar surface area (TPSA) is 113 Å². The highest BCUT2D eigenvalue weighted by Crippen LogP contribution is 2.34. The molecule has 1 saturated heterocycles. The molecule has 0 unspecified atom stereocenters. The summed E-state index contributed by atoms with van der Waals surface area (Å²) in [6, 6.07) is 2.92. The zero-order chi connectivity index (χ0) is 18.1. The molecule has 1 aromatic carbocycles. The van der Waals surface area contributed by atoms with Crippen molar-refractivity contribution in [3.63, 3.8) is 0 Å². The van der Waals surface area contributed by atoms with Crippen LogP contribution in [0.5, 0.6) is 11.5 Å². The Balaban J connectivity index is 2.45. The number of aliphatic hydroxyl groups is 1. The molecule has 0 saturated carbocycles. The Kier molecular flexibility index (Phi) is 5.36. The lowest BCUT2D eigenvalue weighted by Crippen LogP contribution is -2.48. The fourth-order valence-corrected chi connectivity index (χ4v) is 4.37. The number of ether oxygens (including phenoxy) is 2. The molecule has 1 aromatic rings. The third-order valence-electron chi connectivity index (χ3n) is 4.16. The van der Waals surface area contributed by atoms with Crippen molar-refractivity contribution in [2.45, 2.75) is 24.3 Å². The van der Waals surface area contributed by atoms with E-state index in [-0.39, 0.29) is 30.2 Å². The van der Waals surface area contributed by atoms with Gasteiger partial charge in [0, 0.05) is 19.2 Å². The lowest BCUT2D eigenvalue weighted by Gasteiger charge is -2.33. The van der Waals surface area contributed by atoms with Crippen LogP contribution in [0, 0.1) is 12.8 Å². The van der Waals surface area contributed by atoms with Gasteiger partial charge in [-0.1, -0.05) is 0 Å². The van der Waals surface area contributed by atoms with Crippen LogP contribution in [0.4, 0.5) is 0 Å². The number of methoxy groups -OCH3 is 2. The average molecular weight is 359 g/mol. The fourth-order valence-electron chi connectivity index (χ4n) is 2.73. The van der Waals surface area contributed by atoms with Gasteiger partial charge in [0.05, 0.1) is 26.2 Å². The number of benzene rings is 1. The number of piperidine rings is 1. The summed E-state index contributed by atoms with van der Waals surface area (Å²) in [5.41, 5.74) is 0.714. The monoisotopic (exact) mass is 359 g/mol. The third-order valence-corrected chi connectivity index (χ3v) is 6.04. The summed E-state index contributed by atoms with van der Waals surface area (Å²) in [5.74, 6) is -1.84. The second-order valence-electron chi connectivity index (χ2n) is 5.64. The number of carboxylic acid groups (broad SMARTS) is 1. The molecule has 2 rings (SSSR count). The molecular weight excluding hydrogens is 338 g/mol. The fraction of sp³-hybridized carbons (Fsp3) is 0.533. The largest absolute Gasteiger partial charge is 0.496 e. The van der Waals surface area contributed by atoms with Crippen molar-refractivity contribution in [1.29, 1.82) is 0 Å². The van der Waals surface area contributed by atoms with Crippen LogP contribution in [0.15, 0.2) is 17.0 Å². The SMILES string of the molecule is COc1cc(S(=O)(=O)N2CC[C@@H](O)[C@@H](C(=O)O)C2)c(OC)cc1C. The van der Waals surface area contributed by atoms with E-state index in [1.165, 1.54) is 20.3 Å². The van der Waals surface area contributed by atoms with Crippen LogP contribution in [0.3, 0.4) is 0 Å². The van der Waals surface area contributed by atoms with Gasteiger partial charge in [-0.3, -0.25) is 4.79 Å². The molecule has 1 aliphatic heterocycles. The summed E-state index contributed by atoms with van der Waals surface area (Å²) in [6.45, 7) is 1.50. The maximum Gasteiger partial charge on any atom is 0.310 e. The van der Waals surface area contributed by atoms with E-state index < -0.39 is 28.0 Å². The molecule has 0 aliphatic carbocycles. The van der Waals surface area contributed by atoms with E-state index in [1.807, 2.05) is 0 Å². The maximum absolute atomic E-state index is 12.9. The van der Waals surface area contributed by atoms with Crippen LogP contribution in [0.1, 0.15) is 12.0 Å². The Bertz CT molecular complexity index is 732. The highest BCUT2D eigenvalue weighted by atomic mass is 32.2. The Morgan fingerprint density at radius 2 is 1.88 bits per heavy atom. The van der Waals surface area contributed by atoms with Crippen LogP contribution in [-0.2, 0) is 14.8 Å². The van der Waals surface area contributed by atoms with Crippen molar-refractivity contribution in [2.24, 2.45) is 5.92 Å². The summed E-state index contributed by atoms with van der Waals surface area (Å²) < 4.78 is 37.3. The summed E-state index contributed by atoms with van der Waals surface area (Å²) >= 11 is 0. The maximum atomic E-state index is 12.9. The number of aliphatic hydroxyl groups excluding tert-OH is 1. The number of aliphatic carboxylic acids is 1. The Labute approximate surface area is 140 Å². The first kappa shape index (κ1) is 18.5. The van der Waals surface area contributed by atoms with E-state index in [9.17, 15) is 18.3 Å². The summed E-state index contributed by atoms with van der Waals surface area (Å²) in [6.07, 6.45) is -1.01. The van der Waals surface area contributed by atoms with Gasteiger partial charge in [-0.05, 0) is 25.0 Å². The van der Waals surface area contributed by atoms with E-state index >= 15 is 0 Å². The molecule has 1 aliphatic rings. The minimum atomic E-state index is -3.99. The van der Waals surface area contributed by atoms with Crippen molar-refractivity contribution < 1.29 is 32.9 Å². The lowest BCUT2D eigenvalue weighted by molar-refractivity contribution is -0.147. The Hall–Kier alpha value is -1.84. The van der Waals surface area contributed by atoms with Gasteiger partial charge in [0.1, 0.15) is 16.4 Å². The van der Waals surface area contributed by atoms with Gasteiger partial charge in [-0.2, -0.15) is 4.31 Å². The van der Waals surface area contributed by atoms with Crippen molar-refractivity contribution in [1.82, 2.24) is 4.31 Å².